The molecule has 5 heteroatoms. The Morgan fingerprint density at radius 3 is 1.46 bits per heavy atom. The summed E-state index contributed by atoms with van der Waals surface area (Å²) >= 11 is 0. The van der Waals surface area contributed by atoms with E-state index in [9.17, 15) is 0 Å². The van der Waals surface area contributed by atoms with E-state index >= 15 is 0 Å². The summed E-state index contributed by atoms with van der Waals surface area (Å²) < 4.78 is 8.99. The average molecular weight is 637 g/mol. The van der Waals surface area contributed by atoms with Gasteiger partial charge in [0, 0.05) is 49.0 Å². The predicted octanol–water partition coefficient (Wildman–Crippen LogP) is 11.6. The van der Waals surface area contributed by atoms with Crippen LogP contribution in [-0.2, 0) is 0 Å². The lowest BCUT2D eigenvalue weighted by Crippen LogP contribution is -2.03. The van der Waals surface area contributed by atoms with Gasteiger partial charge in [-0.25, -0.2) is 15.0 Å². The van der Waals surface area contributed by atoms with Gasteiger partial charge in [-0.3, -0.25) is 0 Å². The number of hydrogen-bond donors (Lipinski definition) is 0. The summed E-state index contributed by atoms with van der Waals surface area (Å²) in [5, 5.41) is 12.4. The van der Waals surface area contributed by atoms with Crippen molar-refractivity contribution in [1.29, 1.82) is 0 Å². The molecule has 5 nitrogen and oxygen atoms in total. The van der Waals surface area contributed by atoms with E-state index in [4.69, 9.17) is 19.4 Å². The SMILES string of the molecule is c1ccc(-c2nc(-c3ccccc3)nc(-c3ccccc3-n3c4ccc5ccc6ccc7ccc8oc9ccc3c3c9c8c7c6c5c34)n2)cc1. The highest BCUT2D eigenvalue weighted by molar-refractivity contribution is 6.44. The number of aromatic nitrogens is 4. The number of benzene rings is 8. The first kappa shape index (κ1) is 26.1. The molecule has 0 aliphatic heterocycles. The average Bonchev–Trinajstić information content (AvgIpc) is 3.69. The Morgan fingerprint density at radius 2 is 0.800 bits per heavy atom. The quantitative estimate of drug-likeness (QED) is 0.180. The largest absolute Gasteiger partial charge is 0.456 e. The molecule has 0 bridgehead atoms. The van der Waals surface area contributed by atoms with Gasteiger partial charge in [0.05, 0.1) is 16.7 Å². The van der Waals surface area contributed by atoms with E-state index in [0.717, 1.165) is 44.6 Å². The molecular formula is C45H24N4O. The highest BCUT2D eigenvalue weighted by Crippen LogP contribution is 2.51. The summed E-state index contributed by atoms with van der Waals surface area (Å²) in [6, 6.07) is 51.0. The molecule has 12 rings (SSSR count). The minimum atomic E-state index is 0.625. The second-order valence-corrected chi connectivity index (χ2v) is 13.1. The van der Waals surface area contributed by atoms with Crippen LogP contribution in [0.25, 0.3) is 116 Å². The first-order valence-electron chi connectivity index (χ1n) is 16.9. The van der Waals surface area contributed by atoms with Crippen LogP contribution in [0.4, 0.5) is 0 Å². The molecule has 0 radical (unpaired) electrons. The van der Waals surface area contributed by atoms with E-state index < -0.39 is 0 Å². The predicted molar refractivity (Wildman–Crippen MR) is 204 cm³/mol. The Bertz CT molecular complexity index is 3190. The first-order valence-corrected chi connectivity index (χ1v) is 16.9. The van der Waals surface area contributed by atoms with Crippen molar-refractivity contribution >= 4 is 76.1 Å². The van der Waals surface area contributed by atoms with Gasteiger partial charge in [-0.15, -0.1) is 0 Å². The van der Waals surface area contributed by atoms with Crippen molar-refractivity contribution in [3.05, 3.63) is 146 Å². The smallest absolute Gasteiger partial charge is 0.166 e. The van der Waals surface area contributed by atoms with Crippen molar-refractivity contribution in [2.45, 2.75) is 0 Å². The Balaban J connectivity index is 1.23. The van der Waals surface area contributed by atoms with Crippen LogP contribution in [0.5, 0.6) is 0 Å². The molecule has 0 fully saturated rings. The van der Waals surface area contributed by atoms with Gasteiger partial charge in [0.1, 0.15) is 11.2 Å². The minimum absolute atomic E-state index is 0.625. The van der Waals surface area contributed by atoms with E-state index in [0.29, 0.717) is 17.5 Å². The number of hydrogen-bond acceptors (Lipinski definition) is 4. The number of nitrogens with zero attached hydrogens (tertiary/aromatic N) is 4. The molecule has 0 saturated carbocycles. The zero-order valence-corrected chi connectivity index (χ0v) is 26.6. The van der Waals surface area contributed by atoms with Crippen LogP contribution in [0.15, 0.2) is 150 Å². The Morgan fingerprint density at radius 1 is 0.360 bits per heavy atom. The number of furan rings is 1. The fraction of sp³-hybridized carbons (Fsp3) is 0. The maximum absolute atomic E-state index is 6.59. The fourth-order valence-corrected chi connectivity index (χ4v) is 8.43. The second-order valence-electron chi connectivity index (χ2n) is 13.1. The third-order valence-corrected chi connectivity index (χ3v) is 10.5. The molecule has 230 valence electrons. The van der Waals surface area contributed by atoms with E-state index in [-0.39, 0.29) is 0 Å². The topological polar surface area (TPSA) is 56.7 Å². The maximum Gasteiger partial charge on any atom is 0.166 e. The fourth-order valence-electron chi connectivity index (χ4n) is 8.43. The molecule has 50 heavy (non-hydrogen) atoms. The van der Waals surface area contributed by atoms with Crippen LogP contribution in [-0.4, -0.2) is 19.5 Å². The molecule has 3 aromatic heterocycles. The van der Waals surface area contributed by atoms with Gasteiger partial charge in [-0.2, -0.15) is 0 Å². The lowest BCUT2D eigenvalue weighted by molar-refractivity contribution is 0.669. The summed E-state index contributed by atoms with van der Waals surface area (Å²) in [5.74, 6) is 1.91. The molecule has 0 amide bonds. The number of rotatable bonds is 4. The van der Waals surface area contributed by atoms with Gasteiger partial charge in [-0.05, 0) is 57.9 Å². The summed E-state index contributed by atoms with van der Waals surface area (Å²) in [6.45, 7) is 0. The molecule has 0 aliphatic rings. The van der Waals surface area contributed by atoms with Crippen LogP contribution >= 0.6 is 0 Å². The van der Waals surface area contributed by atoms with Crippen LogP contribution in [0, 0.1) is 0 Å². The van der Waals surface area contributed by atoms with Crippen LogP contribution in [0.2, 0.25) is 0 Å². The lowest BCUT2D eigenvalue weighted by Gasteiger charge is -2.15. The maximum atomic E-state index is 6.59. The van der Waals surface area contributed by atoms with Gasteiger partial charge >= 0.3 is 0 Å². The normalized spacial score (nSPS) is 12.4. The van der Waals surface area contributed by atoms with E-state index in [1.54, 1.807) is 0 Å². The monoisotopic (exact) mass is 636 g/mol. The summed E-state index contributed by atoms with van der Waals surface area (Å²) in [6.07, 6.45) is 0. The zero-order chi connectivity index (χ0) is 32.5. The molecule has 0 aliphatic carbocycles. The molecule has 3 heterocycles. The van der Waals surface area contributed by atoms with Crippen molar-refractivity contribution in [2.75, 3.05) is 0 Å². The lowest BCUT2D eigenvalue weighted by atomic mass is 9.94. The highest BCUT2D eigenvalue weighted by atomic mass is 16.3. The van der Waals surface area contributed by atoms with Crippen molar-refractivity contribution < 1.29 is 4.42 Å². The van der Waals surface area contributed by atoms with E-state index in [1.807, 2.05) is 60.7 Å². The molecule has 0 saturated heterocycles. The van der Waals surface area contributed by atoms with E-state index in [2.05, 4.69) is 89.5 Å². The van der Waals surface area contributed by atoms with Crippen molar-refractivity contribution in [1.82, 2.24) is 19.5 Å². The third kappa shape index (κ3) is 3.33. The molecule has 0 atom stereocenters. The number of para-hydroxylation sites is 1. The summed E-state index contributed by atoms with van der Waals surface area (Å²) in [4.78, 5) is 15.2. The molecule has 12 aromatic rings. The van der Waals surface area contributed by atoms with Crippen LogP contribution in [0.1, 0.15) is 0 Å². The summed E-state index contributed by atoms with van der Waals surface area (Å²) in [5.41, 5.74) is 7.92. The van der Waals surface area contributed by atoms with Crippen LogP contribution < -0.4 is 0 Å². The highest BCUT2D eigenvalue weighted by Gasteiger charge is 2.27. The van der Waals surface area contributed by atoms with Gasteiger partial charge in [0.2, 0.25) is 0 Å². The summed E-state index contributed by atoms with van der Waals surface area (Å²) in [7, 11) is 0. The second kappa shape index (κ2) is 9.40. The minimum Gasteiger partial charge on any atom is -0.456 e. The van der Waals surface area contributed by atoms with Gasteiger partial charge in [0.15, 0.2) is 17.5 Å². The molecule has 0 spiro atoms. The molecule has 0 unspecified atom stereocenters. The zero-order valence-electron chi connectivity index (χ0n) is 26.6. The van der Waals surface area contributed by atoms with Gasteiger partial charge < -0.3 is 8.98 Å². The van der Waals surface area contributed by atoms with Crippen molar-refractivity contribution in [3.63, 3.8) is 0 Å². The van der Waals surface area contributed by atoms with Gasteiger partial charge in [-0.1, -0.05) is 109 Å². The Hall–Kier alpha value is -6.85. The third-order valence-electron chi connectivity index (χ3n) is 10.5. The standard InChI is InChI=1S/C45H24N4O/c1-3-9-28(10-4-1)43-46-44(29-11-5-2-6-12-29)48-45(47-43)30-13-7-8-14-31(30)49-32-21-19-26-17-15-25-16-18-27-20-23-34-41-38(27)36(25)37(26)39(32)40-33(49)22-24-35(50-34)42(40)41/h1-24H. The first-order chi connectivity index (χ1) is 24.8. The molecule has 9 aromatic carbocycles. The van der Waals surface area contributed by atoms with Crippen molar-refractivity contribution in [2.24, 2.45) is 0 Å². The Kier molecular flexibility index (Phi) is 4.91. The van der Waals surface area contributed by atoms with Crippen LogP contribution in [0.3, 0.4) is 0 Å². The van der Waals surface area contributed by atoms with E-state index in [1.165, 1.54) is 53.9 Å². The van der Waals surface area contributed by atoms with Gasteiger partial charge in [0.25, 0.3) is 0 Å². The van der Waals surface area contributed by atoms with Crippen molar-refractivity contribution in [3.8, 4) is 39.9 Å². The Labute approximate surface area is 284 Å². The molecule has 0 N–H and O–H groups in total. The molecular weight excluding hydrogens is 613 g/mol.